The second kappa shape index (κ2) is 5.24. The van der Waals surface area contributed by atoms with Gasteiger partial charge in [0.1, 0.15) is 4.84 Å². The summed E-state index contributed by atoms with van der Waals surface area (Å²) in [7, 11) is 0. The van der Waals surface area contributed by atoms with Crippen molar-refractivity contribution in [3.63, 3.8) is 0 Å². The van der Waals surface area contributed by atoms with Crippen molar-refractivity contribution < 1.29 is 0 Å². The molecule has 0 aromatic rings. The Morgan fingerprint density at radius 3 is 1.91 bits per heavy atom. The molecule has 0 amide bonds. The molecule has 0 heterocycles. The van der Waals surface area contributed by atoms with Crippen molar-refractivity contribution in [3.8, 4) is 0 Å². The first-order valence-corrected chi connectivity index (χ1v) is 5.29. The number of hydrogen-bond donors (Lipinski definition) is 0. The van der Waals surface area contributed by atoms with E-state index < -0.39 is 14.5 Å². The van der Waals surface area contributed by atoms with Crippen molar-refractivity contribution in [2.75, 3.05) is 0 Å². The van der Waals surface area contributed by atoms with Gasteiger partial charge in [-0.05, 0) is 6.42 Å². The van der Waals surface area contributed by atoms with Crippen LogP contribution in [0, 0.1) is 0 Å². The van der Waals surface area contributed by atoms with Gasteiger partial charge in [0, 0.05) is 0 Å². The Morgan fingerprint density at radius 2 is 1.64 bits per heavy atom. The molecule has 0 nitrogen and oxygen atoms in total. The maximum absolute atomic E-state index is 5.83. The van der Waals surface area contributed by atoms with Crippen LogP contribution in [0.15, 0.2) is 0 Å². The van der Waals surface area contributed by atoms with Crippen LogP contribution >= 0.6 is 58.0 Å². The lowest BCUT2D eigenvalue weighted by Crippen LogP contribution is -2.33. The summed E-state index contributed by atoms with van der Waals surface area (Å²) in [6, 6.07) is 0. The fourth-order valence-corrected chi connectivity index (χ4v) is 1.58. The third-order valence-corrected chi connectivity index (χ3v) is 4.13. The molecule has 11 heavy (non-hydrogen) atoms. The van der Waals surface area contributed by atoms with Gasteiger partial charge in [-0.3, -0.25) is 0 Å². The molecule has 0 spiro atoms. The van der Waals surface area contributed by atoms with E-state index in [1.54, 1.807) is 0 Å². The molecule has 1 atom stereocenters. The van der Waals surface area contributed by atoms with Gasteiger partial charge in [-0.2, -0.15) is 0 Å². The van der Waals surface area contributed by atoms with Crippen LogP contribution in [0.1, 0.15) is 19.8 Å². The van der Waals surface area contributed by atoms with E-state index in [4.69, 9.17) is 58.0 Å². The van der Waals surface area contributed by atoms with Gasteiger partial charge >= 0.3 is 0 Å². The average Bonchev–Trinajstić information content (AvgIpc) is 1.88. The molecule has 0 N–H and O–H groups in total. The summed E-state index contributed by atoms with van der Waals surface area (Å²) in [4.78, 5) is -0.861. The molecule has 0 aliphatic heterocycles. The summed E-state index contributed by atoms with van der Waals surface area (Å²) in [6.07, 6.45) is 1.60. The maximum Gasteiger partial charge on any atom is 0.164 e. The number of hydrogen-bond acceptors (Lipinski definition) is 0. The Bertz CT molecular complexity index is 112. The Balaban J connectivity index is 4.05. The lowest BCUT2D eigenvalue weighted by Gasteiger charge is -2.25. The largest absolute Gasteiger partial charge is 0.164 e. The predicted octanol–water partition coefficient (Wildman–Crippen LogP) is 4.37. The van der Waals surface area contributed by atoms with Crippen molar-refractivity contribution in [3.05, 3.63) is 0 Å². The normalized spacial score (nSPS) is 15.5. The number of rotatable bonds is 4. The molecule has 0 aromatic carbocycles. The van der Waals surface area contributed by atoms with Crippen LogP contribution in [-0.4, -0.2) is 14.5 Å². The highest BCUT2D eigenvalue weighted by atomic mass is 35.5. The van der Waals surface area contributed by atoms with Crippen LogP contribution in [0.3, 0.4) is 0 Å². The van der Waals surface area contributed by atoms with Gasteiger partial charge in [0.2, 0.25) is 0 Å². The van der Waals surface area contributed by atoms with Gasteiger partial charge < -0.3 is 0 Å². The fourth-order valence-electron chi connectivity index (χ4n) is 0.583. The van der Waals surface area contributed by atoms with Crippen molar-refractivity contribution in [2.24, 2.45) is 0 Å². The third kappa shape index (κ3) is 3.78. The molecule has 0 radical (unpaired) electrons. The summed E-state index contributed by atoms with van der Waals surface area (Å²) in [5.41, 5.74) is 0. The van der Waals surface area contributed by atoms with E-state index >= 15 is 0 Å². The Morgan fingerprint density at radius 1 is 1.18 bits per heavy atom. The fraction of sp³-hybridized carbons (Fsp3) is 1.00. The van der Waals surface area contributed by atoms with Crippen molar-refractivity contribution >= 4 is 58.0 Å². The van der Waals surface area contributed by atoms with Gasteiger partial charge in [0.25, 0.3) is 0 Å². The van der Waals surface area contributed by atoms with E-state index in [1.165, 1.54) is 0 Å². The van der Waals surface area contributed by atoms with E-state index in [9.17, 15) is 0 Å². The minimum atomic E-state index is -1.25. The van der Waals surface area contributed by atoms with Gasteiger partial charge in [0.15, 0.2) is 4.33 Å². The predicted molar refractivity (Wildman–Crippen MR) is 54.5 cm³/mol. The quantitative estimate of drug-likeness (QED) is 0.657. The molecule has 68 valence electrons. The van der Waals surface area contributed by atoms with Crippen LogP contribution in [0.5, 0.6) is 0 Å². The minimum absolute atomic E-state index is 0.407. The van der Waals surface area contributed by atoms with Crippen LogP contribution in [0.2, 0.25) is 0 Å². The molecule has 0 aromatic heterocycles. The highest BCUT2D eigenvalue weighted by Gasteiger charge is 2.39. The van der Waals surface area contributed by atoms with E-state index in [0.29, 0.717) is 6.42 Å². The van der Waals surface area contributed by atoms with Gasteiger partial charge in [0.05, 0.1) is 5.38 Å². The monoisotopic (exact) mass is 256 g/mol. The summed E-state index contributed by atoms with van der Waals surface area (Å²) in [5, 5.41) is -0.407. The molecular weight excluding hydrogens is 249 g/mol. The summed E-state index contributed by atoms with van der Waals surface area (Å²) < 4.78 is -1.25. The molecular formula is C6H9Cl5. The number of alkyl halides is 5. The molecule has 0 aliphatic rings. The first kappa shape index (κ1) is 12.4. The molecule has 0 saturated carbocycles. The second-order valence-corrected chi connectivity index (χ2v) is 5.30. The Hall–Kier alpha value is 1.45. The van der Waals surface area contributed by atoms with Crippen molar-refractivity contribution in [1.29, 1.82) is 0 Å². The molecule has 0 rings (SSSR count). The maximum atomic E-state index is 5.83. The van der Waals surface area contributed by atoms with E-state index in [-0.39, 0.29) is 0 Å². The molecule has 1 unspecified atom stereocenters. The summed E-state index contributed by atoms with van der Waals surface area (Å²) in [5.74, 6) is 0. The summed E-state index contributed by atoms with van der Waals surface area (Å²) in [6.45, 7) is 1.98. The smallest absolute Gasteiger partial charge is 0.120 e. The molecule has 5 heteroatoms. The summed E-state index contributed by atoms with van der Waals surface area (Å²) >= 11 is 28.4. The zero-order valence-electron chi connectivity index (χ0n) is 5.96. The van der Waals surface area contributed by atoms with Crippen molar-refractivity contribution in [1.82, 2.24) is 0 Å². The minimum Gasteiger partial charge on any atom is -0.120 e. The standard InChI is InChI=1S/C6H9Cl5/c1-2-3-4(7)6(10,11)5(8)9/h4-5H,2-3H2,1H3. The van der Waals surface area contributed by atoms with E-state index in [1.807, 2.05) is 6.92 Å². The van der Waals surface area contributed by atoms with Gasteiger partial charge in [-0.25, -0.2) is 0 Å². The third-order valence-electron chi connectivity index (χ3n) is 1.25. The SMILES string of the molecule is CCCC(Cl)C(Cl)(Cl)C(Cl)Cl. The highest BCUT2D eigenvalue weighted by molar-refractivity contribution is 6.62. The molecule has 0 fully saturated rings. The highest BCUT2D eigenvalue weighted by Crippen LogP contribution is 2.39. The van der Waals surface area contributed by atoms with Crippen LogP contribution in [0.4, 0.5) is 0 Å². The van der Waals surface area contributed by atoms with E-state index in [2.05, 4.69) is 0 Å². The van der Waals surface area contributed by atoms with Gasteiger partial charge in [-0.15, -0.1) is 34.8 Å². The average molecular weight is 258 g/mol. The molecule has 0 aliphatic carbocycles. The Labute approximate surface area is 92.1 Å². The Kier molecular flexibility index (Phi) is 5.93. The topological polar surface area (TPSA) is 0 Å². The van der Waals surface area contributed by atoms with Crippen LogP contribution in [-0.2, 0) is 0 Å². The van der Waals surface area contributed by atoms with E-state index in [0.717, 1.165) is 6.42 Å². The van der Waals surface area contributed by atoms with Crippen molar-refractivity contribution in [2.45, 2.75) is 34.3 Å². The zero-order chi connectivity index (χ0) is 9.07. The lowest BCUT2D eigenvalue weighted by molar-refractivity contribution is 0.669. The first-order valence-electron chi connectivity index (χ1n) is 3.23. The second-order valence-electron chi connectivity index (χ2n) is 2.23. The lowest BCUT2D eigenvalue weighted by atomic mass is 10.2. The molecule has 0 saturated heterocycles. The zero-order valence-corrected chi connectivity index (χ0v) is 9.74. The molecule has 0 bridgehead atoms. The van der Waals surface area contributed by atoms with Crippen LogP contribution in [0.25, 0.3) is 0 Å². The first-order chi connectivity index (χ1) is 4.92. The number of halogens is 5. The van der Waals surface area contributed by atoms with Crippen LogP contribution < -0.4 is 0 Å². The van der Waals surface area contributed by atoms with Gasteiger partial charge in [-0.1, -0.05) is 36.5 Å².